The Bertz CT molecular complexity index is 1230. The second-order valence-electron chi connectivity index (χ2n) is 6.86. The van der Waals surface area contributed by atoms with E-state index >= 15 is 0 Å². The number of ketones is 2. The third-order valence-electron chi connectivity index (χ3n) is 5.00. The number of hydrogen-bond donors (Lipinski definition) is 1. The average molecular weight is 403 g/mol. The largest absolute Gasteiger partial charge is 0.452 e. The smallest absolute Gasteiger partial charge is 0.342 e. The Kier molecular flexibility index (Phi) is 4.75. The lowest BCUT2D eigenvalue weighted by atomic mass is 9.84. The summed E-state index contributed by atoms with van der Waals surface area (Å²) in [4.78, 5) is 49.7. The fraction of sp³-hybridized carbons (Fsp3) is 0.136. The van der Waals surface area contributed by atoms with E-state index in [1.807, 2.05) is 0 Å². The van der Waals surface area contributed by atoms with Crippen LogP contribution in [0, 0.1) is 6.92 Å². The summed E-state index contributed by atoms with van der Waals surface area (Å²) < 4.78 is 6.56. The summed E-state index contributed by atoms with van der Waals surface area (Å²) in [5.74, 6) is -1.74. The molecular weight excluding hydrogens is 386 g/mol. The third-order valence-corrected chi connectivity index (χ3v) is 5.00. The zero-order chi connectivity index (χ0) is 21.4. The SMILES string of the molecule is Cc1c(C(=O)OCC(=O)Nc2ccc3c(c2)C(=O)c2ccccc2C3=O)cnn1C. The Morgan fingerprint density at radius 3 is 2.27 bits per heavy atom. The minimum atomic E-state index is -0.654. The molecule has 3 aromatic rings. The molecule has 0 bridgehead atoms. The van der Waals surface area contributed by atoms with Gasteiger partial charge in [-0.3, -0.25) is 19.1 Å². The zero-order valence-electron chi connectivity index (χ0n) is 16.3. The van der Waals surface area contributed by atoms with Gasteiger partial charge in [-0.2, -0.15) is 5.10 Å². The first-order valence-corrected chi connectivity index (χ1v) is 9.15. The molecular formula is C22H17N3O5. The van der Waals surface area contributed by atoms with Crippen molar-refractivity contribution in [1.82, 2.24) is 9.78 Å². The lowest BCUT2D eigenvalue weighted by Gasteiger charge is -2.18. The summed E-state index contributed by atoms with van der Waals surface area (Å²) in [7, 11) is 1.69. The molecule has 8 nitrogen and oxygen atoms in total. The topological polar surface area (TPSA) is 107 Å². The molecule has 0 unspecified atom stereocenters. The minimum absolute atomic E-state index is 0.222. The first-order chi connectivity index (χ1) is 14.4. The van der Waals surface area contributed by atoms with Gasteiger partial charge < -0.3 is 10.1 Å². The van der Waals surface area contributed by atoms with Gasteiger partial charge in [0.1, 0.15) is 5.56 Å². The maximum atomic E-state index is 12.8. The standard InChI is InChI=1S/C22H17N3O5/c1-12-18(10-23-25(12)2)22(29)30-11-19(26)24-13-7-8-16-17(9-13)21(28)15-6-4-3-5-14(15)20(16)27/h3-10H,11H2,1-2H3,(H,24,26). The van der Waals surface area contributed by atoms with Gasteiger partial charge in [0, 0.05) is 40.7 Å². The molecule has 1 N–H and O–H groups in total. The molecule has 8 heteroatoms. The Balaban J connectivity index is 1.46. The highest BCUT2D eigenvalue weighted by atomic mass is 16.5. The molecule has 1 aliphatic rings. The number of carbonyl (C=O) groups is 4. The molecule has 150 valence electrons. The molecule has 2 aromatic carbocycles. The Morgan fingerprint density at radius 2 is 1.63 bits per heavy atom. The fourth-order valence-corrected chi connectivity index (χ4v) is 3.28. The summed E-state index contributed by atoms with van der Waals surface area (Å²) >= 11 is 0. The predicted octanol–water partition coefficient (Wildman–Crippen LogP) is 2.30. The fourth-order valence-electron chi connectivity index (χ4n) is 3.28. The highest BCUT2D eigenvalue weighted by Gasteiger charge is 2.29. The normalized spacial score (nSPS) is 12.2. The van der Waals surface area contributed by atoms with Crippen LogP contribution >= 0.6 is 0 Å². The molecule has 1 aliphatic carbocycles. The minimum Gasteiger partial charge on any atom is -0.452 e. The number of esters is 1. The second-order valence-corrected chi connectivity index (χ2v) is 6.86. The van der Waals surface area contributed by atoms with E-state index in [-0.39, 0.29) is 28.3 Å². The first kappa shape index (κ1) is 19.3. The number of nitrogens with one attached hydrogen (secondary N) is 1. The summed E-state index contributed by atoms with van der Waals surface area (Å²) in [6.07, 6.45) is 1.37. The Labute approximate surface area is 171 Å². The van der Waals surface area contributed by atoms with Gasteiger partial charge in [-0.1, -0.05) is 24.3 Å². The Hall–Kier alpha value is -4.07. The highest BCUT2D eigenvalue weighted by Crippen LogP contribution is 2.29. The number of nitrogens with zero attached hydrogens (tertiary/aromatic N) is 2. The van der Waals surface area contributed by atoms with Gasteiger partial charge >= 0.3 is 5.97 Å². The number of hydrogen-bond acceptors (Lipinski definition) is 6. The number of carbonyl (C=O) groups excluding carboxylic acids is 4. The summed E-state index contributed by atoms with van der Waals surface area (Å²) in [5, 5.41) is 6.54. The van der Waals surface area contributed by atoms with Crippen molar-refractivity contribution in [2.75, 3.05) is 11.9 Å². The van der Waals surface area contributed by atoms with Crippen LogP contribution in [0.2, 0.25) is 0 Å². The highest BCUT2D eigenvalue weighted by molar-refractivity contribution is 6.28. The molecule has 1 amide bonds. The van der Waals surface area contributed by atoms with Crippen molar-refractivity contribution in [2.45, 2.75) is 6.92 Å². The van der Waals surface area contributed by atoms with E-state index in [0.29, 0.717) is 22.5 Å². The number of ether oxygens (including phenoxy) is 1. The average Bonchev–Trinajstić information content (AvgIpc) is 3.08. The van der Waals surface area contributed by atoms with Gasteiger partial charge in [0.25, 0.3) is 5.91 Å². The summed E-state index contributed by atoms with van der Waals surface area (Å²) in [6, 6.07) is 11.1. The van der Waals surface area contributed by atoms with Crippen LogP contribution in [0.15, 0.2) is 48.7 Å². The van der Waals surface area contributed by atoms with E-state index in [2.05, 4.69) is 10.4 Å². The van der Waals surface area contributed by atoms with Crippen molar-refractivity contribution >= 4 is 29.1 Å². The number of amides is 1. The van der Waals surface area contributed by atoms with Crippen molar-refractivity contribution in [3.63, 3.8) is 0 Å². The number of aromatic nitrogens is 2. The number of anilines is 1. The molecule has 30 heavy (non-hydrogen) atoms. The molecule has 0 saturated heterocycles. The van der Waals surface area contributed by atoms with Crippen LogP contribution < -0.4 is 5.32 Å². The van der Waals surface area contributed by atoms with Crippen LogP contribution in [0.4, 0.5) is 5.69 Å². The molecule has 0 fully saturated rings. The third kappa shape index (κ3) is 3.28. The first-order valence-electron chi connectivity index (χ1n) is 9.15. The number of benzene rings is 2. The molecule has 4 rings (SSSR count). The van der Waals surface area contributed by atoms with Crippen molar-refractivity contribution in [3.8, 4) is 0 Å². The maximum absolute atomic E-state index is 12.8. The van der Waals surface area contributed by atoms with Crippen LogP contribution in [0.25, 0.3) is 0 Å². The quantitative estimate of drug-likeness (QED) is 0.524. The molecule has 0 saturated carbocycles. The van der Waals surface area contributed by atoms with Crippen LogP contribution in [0.3, 0.4) is 0 Å². The second kappa shape index (κ2) is 7.40. The van der Waals surface area contributed by atoms with Crippen molar-refractivity contribution in [1.29, 1.82) is 0 Å². The van der Waals surface area contributed by atoms with Crippen LogP contribution in [-0.2, 0) is 16.6 Å². The van der Waals surface area contributed by atoms with Crippen molar-refractivity contribution in [2.24, 2.45) is 7.05 Å². The Morgan fingerprint density at radius 1 is 1.00 bits per heavy atom. The number of aryl methyl sites for hydroxylation is 1. The van der Waals surface area contributed by atoms with E-state index in [1.54, 1.807) is 38.2 Å². The van der Waals surface area contributed by atoms with E-state index in [9.17, 15) is 19.2 Å². The zero-order valence-corrected chi connectivity index (χ0v) is 16.3. The van der Waals surface area contributed by atoms with Gasteiger partial charge in [-0.25, -0.2) is 4.79 Å². The lowest BCUT2D eigenvalue weighted by molar-refractivity contribution is -0.119. The van der Waals surface area contributed by atoms with E-state index in [4.69, 9.17) is 4.74 Å². The monoisotopic (exact) mass is 403 g/mol. The molecule has 0 radical (unpaired) electrons. The summed E-state index contributed by atoms with van der Waals surface area (Å²) in [5.41, 5.74) is 2.44. The van der Waals surface area contributed by atoms with Gasteiger partial charge in [0.2, 0.25) is 0 Å². The number of fused-ring (bicyclic) bond motifs is 2. The van der Waals surface area contributed by atoms with Crippen molar-refractivity contribution in [3.05, 3.63) is 82.2 Å². The van der Waals surface area contributed by atoms with E-state index in [0.717, 1.165) is 0 Å². The van der Waals surface area contributed by atoms with Crippen LogP contribution in [-0.4, -0.2) is 39.8 Å². The van der Waals surface area contributed by atoms with Gasteiger partial charge in [0.15, 0.2) is 18.2 Å². The van der Waals surface area contributed by atoms with Gasteiger partial charge in [-0.15, -0.1) is 0 Å². The predicted molar refractivity (Wildman–Crippen MR) is 107 cm³/mol. The maximum Gasteiger partial charge on any atom is 0.342 e. The number of rotatable bonds is 4. The van der Waals surface area contributed by atoms with E-state index in [1.165, 1.54) is 29.1 Å². The van der Waals surface area contributed by atoms with Crippen LogP contribution in [0.5, 0.6) is 0 Å². The van der Waals surface area contributed by atoms with Crippen molar-refractivity contribution < 1.29 is 23.9 Å². The van der Waals surface area contributed by atoms with Gasteiger partial charge in [0.05, 0.1) is 6.20 Å². The molecule has 1 aromatic heterocycles. The van der Waals surface area contributed by atoms with Gasteiger partial charge in [-0.05, 0) is 25.1 Å². The van der Waals surface area contributed by atoms with E-state index < -0.39 is 18.5 Å². The van der Waals surface area contributed by atoms with Crippen LogP contribution in [0.1, 0.15) is 47.9 Å². The summed E-state index contributed by atoms with van der Waals surface area (Å²) in [6.45, 7) is 1.22. The molecule has 0 aliphatic heterocycles. The molecule has 1 heterocycles. The molecule has 0 atom stereocenters. The lowest BCUT2D eigenvalue weighted by Crippen LogP contribution is -2.23. The molecule has 0 spiro atoms.